The van der Waals surface area contributed by atoms with Gasteiger partial charge in [0.1, 0.15) is 5.82 Å². The third kappa shape index (κ3) is 3.93. The van der Waals surface area contributed by atoms with Crippen LogP contribution in [0.4, 0.5) is 11.8 Å². The highest BCUT2D eigenvalue weighted by molar-refractivity contribution is 5.41. The van der Waals surface area contributed by atoms with Crippen LogP contribution in [0.5, 0.6) is 0 Å². The lowest BCUT2D eigenvalue weighted by atomic mass is 10.1. The Morgan fingerprint density at radius 1 is 1.16 bits per heavy atom. The van der Waals surface area contributed by atoms with Crippen molar-refractivity contribution < 1.29 is 0 Å². The van der Waals surface area contributed by atoms with Crippen LogP contribution in [0.15, 0.2) is 30.3 Å². The van der Waals surface area contributed by atoms with Gasteiger partial charge in [-0.1, -0.05) is 29.8 Å². The molecule has 2 rings (SSSR count). The Hall–Kier alpha value is -2.14. The fraction of sp³-hybridized carbons (Fsp3) is 0.286. The van der Waals surface area contributed by atoms with Crippen molar-refractivity contribution in [3.63, 3.8) is 0 Å². The SMILES string of the molecule is Cc1cccc(CCNc2cc(C)nc(NN)n2)c1. The first-order chi connectivity index (χ1) is 9.17. The largest absolute Gasteiger partial charge is 0.370 e. The summed E-state index contributed by atoms with van der Waals surface area (Å²) < 4.78 is 0. The van der Waals surface area contributed by atoms with Gasteiger partial charge in [0.25, 0.3) is 0 Å². The molecule has 1 aromatic heterocycles. The predicted molar refractivity (Wildman–Crippen MR) is 78.0 cm³/mol. The second-order valence-electron chi connectivity index (χ2n) is 4.53. The summed E-state index contributed by atoms with van der Waals surface area (Å²) in [5, 5.41) is 3.28. The van der Waals surface area contributed by atoms with Gasteiger partial charge in [0, 0.05) is 18.3 Å². The molecule has 2 aromatic rings. The molecule has 0 aliphatic rings. The minimum absolute atomic E-state index is 0.429. The summed E-state index contributed by atoms with van der Waals surface area (Å²) in [5.41, 5.74) is 5.94. The van der Waals surface area contributed by atoms with Crippen LogP contribution < -0.4 is 16.6 Å². The molecule has 100 valence electrons. The second kappa shape index (κ2) is 6.15. The van der Waals surface area contributed by atoms with Crippen molar-refractivity contribution in [3.8, 4) is 0 Å². The van der Waals surface area contributed by atoms with E-state index in [9.17, 15) is 0 Å². The van der Waals surface area contributed by atoms with E-state index < -0.39 is 0 Å². The molecule has 1 aromatic carbocycles. The zero-order valence-electron chi connectivity index (χ0n) is 11.3. The standard InChI is InChI=1S/C14H19N5/c1-10-4-3-5-12(8-10)6-7-16-13-9-11(2)17-14(18-13)19-15/h3-5,8-9H,6-7,15H2,1-2H3,(H2,16,17,18,19). The van der Waals surface area contributed by atoms with E-state index in [-0.39, 0.29) is 0 Å². The first kappa shape index (κ1) is 13.3. The highest BCUT2D eigenvalue weighted by atomic mass is 15.3. The highest BCUT2D eigenvalue weighted by Gasteiger charge is 2.00. The van der Waals surface area contributed by atoms with Crippen LogP contribution in [0.3, 0.4) is 0 Å². The predicted octanol–water partition coefficient (Wildman–Crippen LogP) is 2.03. The number of aromatic nitrogens is 2. The van der Waals surface area contributed by atoms with Gasteiger partial charge in [-0.25, -0.2) is 10.8 Å². The summed E-state index contributed by atoms with van der Waals surface area (Å²) in [6, 6.07) is 10.4. The van der Waals surface area contributed by atoms with Gasteiger partial charge >= 0.3 is 0 Å². The van der Waals surface area contributed by atoms with Crippen LogP contribution in [0.25, 0.3) is 0 Å². The number of nitrogens with one attached hydrogen (secondary N) is 2. The van der Waals surface area contributed by atoms with Crippen molar-refractivity contribution in [1.82, 2.24) is 9.97 Å². The van der Waals surface area contributed by atoms with Crippen molar-refractivity contribution in [2.24, 2.45) is 5.84 Å². The van der Waals surface area contributed by atoms with Crippen molar-refractivity contribution in [1.29, 1.82) is 0 Å². The summed E-state index contributed by atoms with van der Waals surface area (Å²) in [5.74, 6) is 6.54. The molecule has 19 heavy (non-hydrogen) atoms. The quantitative estimate of drug-likeness (QED) is 0.564. The number of anilines is 2. The Morgan fingerprint density at radius 3 is 2.74 bits per heavy atom. The number of aryl methyl sites for hydroxylation is 2. The van der Waals surface area contributed by atoms with Gasteiger partial charge < -0.3 is 5.32 Å². The summed E-state index contributed by atoms with van der Waals surface area (Å²) in [6.07, 6.45) is 0.954. The lowest BCUT2D eigenvalue weighted by Gasteiger charge is -2.08. The van der Waals surface area contributed by atoms with E-state index in [4.69, 9.17) is 5.84 Å². The maximum atomic E-state index is 5.32. The van der Waals surface area contributed by atoms with Crippen molar-refractivity contribution >= 4 is 11.8 Å². The maximum Gasteiger partial charge on any atom is 0.239 e. The molecule has 0 amide bonds. The Morgan fingerprint density at radius 2 is 2.00 bits per heavy atom. The zero-order chi connectivity index (χ0) is 13.7. The molecular formula is C14H19N5. The third-order valence-electron chi connectivity index (χ3n) is 2.79. The van der Waals surface area contributed by atoms with E-state index in [0.717, 1.165) is 24.5 Å². The molecule has 0 saturated heterocycles. The molecule has 0 aliphatic carbocycles. The van der Waals surface area contributed by atoms with Crippen LogP contribution >= 0.6 is 0 Å². The number of nitrogen functional groups attached to an aromatic ring is 1. The molecule has 1 heterocycles. The van der Waals surface area contributed by atoms with Crippen LogP contribution in [0.1, 0.15) is 16.8 Å². The summed E-state index contributed by atoms with van der Waals surface area (Å²) in [7, 11) is 0. The van der Waals surface area contributed by atoms with Crippen molar-refractivity contribution in [3.05, 3.63) is 47.2 Å². The molecular weight excluding hydrogens is 238 g/mol. The molecule has 0 unspecified atom stereocenters. The molecule has 0 aliphatic heterocycles. The van der Waals surface area contributed by atoms with Crippen LogP contribution in [0.2, 0.25) is 0 Å². The number of hydrogen-bond acceptors (Lipinski definition) is 5. The monoisotopic (exact) mass is 257 g/mol. The van der Waals surface area contributed by atoms with E-state index in [1.54, 1.807) is 0 Å². The fourth-order valence-corrected chi connectivity index (χ4v) is 1.93. The lowest BCUT2D eigenvalue weighted by molar-refractivity contribution is 0.988. The lowest BCUT2D eigenvalue weighted by Crippen LogP contribution is -2.13. The van der Waals surface area contributed by atoms with Crippen LogP contribution in [-0.4, -0.2) is 16.5 Å². The normalized spacial score (nSPS) is 10.3. The Kier molecular flexibility index (Phi) is 4.30. The van der Waals surface area contributed by atoms with Gasteiger partial charge in [-0.2, -0.15) is 4.98 Å². The minimum Gasteiger partial charge on any atom is -0.370 e. The van der Waals surface area contributed by atoms with Gasteiger partial charge in [-0.15, -0.1) is 0 Å². The summed E-state index contributed by atoms with van der Waals surface area (Å²) in [4.78, 5) is 8.39. The Bertz CT molecular complexity index is 553. The van der Waals surface area contributed by atoms with Gasteiger partial charge in [-0.3, -0.25) is 5.43 Å². The van der Waals surface area contributed by atoms with E-state index in [2.05, 4.69) is 51.9 Å². The Balaban J connectivity index is 1.94. The highest BCUT2D eigenvalue weighted by Crippen LogP contribution is 2.09. The smallest absolute Gasteiger partial charge is 0.239 e. The van der Waals surface area contributed by atoms with Gasteiger partial charge in [0.15, 0.2) is 0 Å². The summed E-state index contributed by atoms with van der Waals surface area (Å²) in [6.45, 7) is 4.84. The van der Waals surface area contributed by atoms with Crippen LogP contribution in [-0.2, 0) is 6.42 Å². The topological polar surface area (TPSA) is 75.9 Å². The first-order valence-electron chi connectivity index (χ1n) is 6.29. The zero-order valence-corrected chi connectivity index (χ0v) is 11.3. The molecule has 0 radical (unpaired) electrons. The number of nitrogens with zero attached hydrogens (tertiary/aromatic N) is 2. The minimum atomic E-state index is 0.429. The van der Waals surface area contributed by atoms with E-state index >= 15 is 0 Å². The molecule has 0 fully saturated rings. The fourth-order valence-electron chi connectivity index (χ4n) is 1.93. The van der Waals surface area contributed by atoms with Gasteiger partial charge in [0.2, 0.25) is 5.95 Å². The molecule has 5 heteroatoms. The number of benzene rings is 1. The average molecular weight is 257 g/mol. The number of rotatable bonds is 5. The number of hydrazine groups is 1. The van der Waals surface area contributed by atoms with E-state index in [1.807, 2.05) is 13.0 Å². The van der Waals surface area contributed by atoms with E-state index in [1.165, 1.54) is 11.1 Å². The molecule has 0 spiro atoms. The molecule has 0 bridgehead atoms. The third-order valence-corrected chi connectivity index (χ3v) is 2.79. The van der Waals surface area contributed by atoms with Crippen LogP contribution in [0, 0.1) is 13.8 Å². The van der Waals surface area contributed by atoms with Crippen molar-refractivity contribution in [2.45, 2.75) is 20.3 Å². The van der Waals surface area contributed by atoms with E-state index in [0.29, 0.717) is 5.95 Å². The first-order valence-corrected chi connectivity index (χ1v) is 6.29. The Labute approximate surface area is 113 Å². The second-order valence-corrected chi connectivity index (χ2v) is 4.53. The molecule has 0 atom stereocenters. The van der Waals surface area contributed by atoms with Crippen molar-refractivity contribution in [2.75, 3.05) is 17.3 Å². The molecule has 4 N–H and O–H groups in total. The maximum absolute atomic E-state index is 5.32. The summed E-state index contributed by atoms with van der Waals surface area (Å²) >= 11 is 0. The number of hydrogen-bond donors (Lipinski definition) is 3. The van der Waals surface area contributed by atoms with Gasteiger partial charge in [-0.05, 0) is 25.8 Å². The number of nitrogens with two attached hydrogens (primary N) is 1. The van der Waals surface area contributed by atoms with Gasteiger partial charge in [0.05, 0.1) is 0 Å². The average Bonchev–Trinajstić information content (AvgIpc) is 2.38. The molecule has 5 nitrogen and oxygen atoms in total. The molecule has 0 saturated carbocycles.